The first kappa shape index (κ1) is 19.3. The molecule has 8 nitrogen and oxygen atoms in total. The summed E-state index contributed by atoms with van der Waals surface area (Å²) in [7, 11) is 5.16. The lowest BCUT2D eigenvalue weighted by molar-refractivity contribution is 0.106. The van der Waals surface area contributed by atoms with Crippen molar-refractivity contribution in [2.24, 2.45) is 4.99 Å². The largest absolute Gasteiger partial charge is 0.377 e. The van der Waals surface area contributed by atoms with Crippen molar-refractivity contribution < 1.29 is 9.47 Å². The minimum absolute atomic E-state index is 0.0328. The van der Waals surface area contributed by atoms with E-state index in [-0.39, 0.29) is 12.1 Å². The molecule has 0 saturated carbocycles. The summed E-state index contributed by atoms with van der Waals surface area (Å²) in [6, 6.07) is 10.4. The minimum Gasteiger partial charge on any atom is -0.377 e. The number of guanidine groups is 1. The number of hydrogen-bond donors (Lipinski definition) is 2. The van der Waals surface area contributed by atoms with Gasteiger partial charge in [-0.05, 0) is 12.0 Å². The third kappa shape index (κ3) is 5.05. The number of hydrogen-bond acceptors (Lipinski definition) is 5. The first-order chi connectivity index (χ1) is 13.2. The van der Waals surface area contributed by atoms with Gasteiger partial charge in [0.1, 0.15) is 12.4 Å². The van der Waals surface area contributed by atoms with E-state index >= 15 is 0 Å². The Labute approximate surface area is 160 Å². The summed E-state index contributed by atoms with van der Waals surface area (Å²) >= 11 is 0. The molecule has 2 heterocycles. The van der Waals surface area contributed by atoms with Crippen molar-refractivity contribution in [3.05, 3.63) is 47.5 Å². The Bertz CT molecular complexity index is 746. The van der Waals surface area contributed by atoms with Crippen molar-refractivity contribution >= 4 is 5.96 Å². The van der Waals surface area contributed by atoms with Gasteiger partial charge in [-0.15, -0.1) is 0 Å². The maximum atomic E-state index is 5.61. The predicted molar refractivity (Wildman–Crippen MR) is 104 cm³/mol. The third-order valence-corrected chi connectivity index (χ3v) is 4.65. The Morgan fingerprint density at radius 1 is 1.33 bits per heavy atom. The van der Waals surface area contributed by atoms with Crippen LogP contribution in [0.2, 0.25) is 0 Å². The van der Waals surface area contributed by atoms with Crippen molar-refractivity contribution in [1.29, 1.82) is 0 Å². The fraction of sp³-hybridized carbons (Fsp3) is 0.526. The second-order valence-corrected chi connectivity index (χ2v) is 6.53. The summed E-state index contributed by atoms with van der Waals surface area (Å²) in [5, 5.41) is 11.4. The van der Waals surface area contributed by atoms with E-state index < -0.39 is 0 Å². The van der Waals surface area contributed by atoms with Crippen LogP contribution in [0, 0.1) is 0 Å². The van der Waals surface area contributed by atoms with Crippen LogP contribution in [-0.4, -0.2) is 54.6 Å². The summed E-state index contributed by atoms with van der Waals surface area (Å²) in [5.41, 5.74) is 1.14. The van der Waals surface area contributed by atoms with Gasteiger partial charge in [0.15, 0.2) is 11.8 Å². The van der Waals surface area contributed by atoms with E-state index in [0.29, 0.717) is 13.2 Å². The number of aryl methyl sites for hydroxylation is 1. The van der Waals surface area contributed by atoms with E-state index in [2.05, 4.69) is 37.8 Å². The standard InChI is InChI=1S/C19H28N6O2/c1-20-19(21-11-16(27-3)14-7-5-4-6-8-14)22-15-9-10-18-23-17(13-26-2)24-25(18)12-15/h4-8,15-16H,9-13H2,1-3H3,(H2,20,21,22). The van der Waals surface area contributed by atoms with E-state index in [0.717, 1.165) is 42.6 Å². The summed E-state index contributed by atoms with van der Waals surface area (Å²) < 4.78 is 12.7. The highest BCUT2D eigenvalue weighted by Crippen LogP contribution is 2.15. The lowest BCUT2D eigenvalue weighted by Gasteiger charge is -2.26. The molecule has 0 fully saturated rings. The first-order valence-electron chi connectivity index (χ1n) is 9.20. The van der Waals surface area contributed by atoms with Gasteiger partial charge in [0.2, 0.25) is 0 Å². The number of rotatable bonds is 7. The molecular formula is C19H28N6O2. The van der Waals surface area contributed by atoms with Gasteiger partial charge in [0.05, 0.1) is 12.6 Å². The van der Waals surface area contributed by atoms with Crippen molar-refractivity contribution in [3.63, 3.8) is 0 Å². The number of nitrogens with zero attached hydrogens (tertiary/aromatic N) is 4. The fourth-order valence-electron chi connectivity index (χ4n) is 3.25. The average Bonchev–Trinajstić information content (AvgIpc) is 3.10. The van der Waals surface area contributed by atoms with Gasteiger partial charge in [-0.25, -0.2) is 9.67 Å². The molecule has 2 atom stereocenters. The third-order valence-electron chi connectivity index (χ3n) is 4.65. The Morgan fingerprint density at radius 3 is 2.85 bits per heavy atom. The normalized spacial score (nSPS) is 18.0. The van der Waals surface area contributed by atoms with Crippen molar-refractivity contribution in [2.75, 3.05) is 27.8 Å². The first-order valence-corrected chi connectivity index (χ1v) is 9.20. The van der Waals surface area contributed by atoms with Crippen molar-refractivity contribution in [1.82, 2.24) is 25.4 Å². The Hall–Kier alpha value is -2.45. The molecule has 27 heavy (non-hydrogen) atoms. The fourth-order valence-corrected chi connectivity index (χ4v) is 3.25. The van der Waals surface area contributed by atoms with Crippen LogP contribution in [0.25, 0.3) is 0 Å². The number of fused-ring (bicyclic) bond motifs is 1. The molecule has 2 unspecified atom stereocenters. The Morgan fingerprint density at radius 2 is 2.15 bits per heavy atom. The quantitative estimate of drug-likeness (QED) is 0.563. The van der Waals surface area contributed by atoms with Crippen LogP contribution < -0.4 is 10.6 Å². The molecule has 0 aliphatic carbocycles. The van der Waals surface area contributed by atoms with Crippen LogP contribution in [0.1, 0.15) is 29.7 Å². The van der Waals surface area contributed by atoms with Crippen LogP contribution in [-0.2, 0) is 29.0 Å². The zero-order valence-corrected chi connectivity index (χ0v) is 16.2. The average molecular weight is 372 g/mol. The molecule has 146 valence electrons. The van der Waals surface area contributed by atoms with Gasteiger partial charge in [-0.1, -0.05) is 30.3 Å². The number of benzene rings is 1. The Balaban J connectivity index is 1.54. The van der Waals surface area contributed by atoms with Gasteiger partial charge in [0.25, 0.3) is 0 Å². The van der Waals surface area contributed by atoms with Crippen molar-refractivity contribution in [3.8, 4) is 0 Å². The smallest absolute Gasteiger partial charge is 0.191 e. The molecule has 0 saturated heterocycles. The summed E-state index contributed by atoms with van der Waals surface area (Å²) in [6.07, 6.45) is 1.84. The summed E-state index contributed by atoms with van der Waals surface area (Å²) in [6.45, 7) is 1.85. The molecule has 3 rings (SSSR count). The van der Waals surface area contributed by atoms with Crippen LogP contribution >= 0.6 is 0 Å². The second-order valence-electron chi connectivity index (χ2n) is 6.53. The molecule has 2 aromatic rings. The highest BCUT2D eigenvalue weighted by Gasteiger charge is 2.22. The molecule has 0 radical (unpaired) electrons. The molecule has 1 aliphatic heterocycles. The van der Waals surface area contributed by atoms with Gasteiger partial charge in [0, 0.05) is 40.3 Å². The van der Waals surface area contributed by atoms with Crippen LogP contribution in [0.4, 0.5) is 0 Å². The molecule has 2 N–H and O–H groups in total. The van der Waals surface area contributed by atoms with Gasteiger partial charge >= 0.3 is 0 Å². The molecule has 1 aliphatic rings. The van der Waals surface area contributed by atoms with Crippen molar-refractivity contribution in [2.45, 2.75) is 38.1 Å². The molecule has 0 spiro atoms. The maximum absolute atomic E-state index is 5.61. The van der Waals surface area contributed by atoms with Crippen LogP contribution in [0.15, 0.2) is 35.3 Å². The number of ether oxygens (including phenoxy) is 2. The summed E-state index contributed by atoms with van der Waals surface area (Å²) in [5.74, 6) is 2.52. The van der Waals surface area contributed by atoms with E-state index in [1.165, 1.54) is 0 Å². The number of aromatic nitrogens is 3. The molecule has 1 aromatic heterocycles. The Kier molecular flexibility index (Phi) is 6.78. The van der Waals surface area contributed by atoms with E-state index in [4.69, 9.17) is 9.47 Å². The molecule has 0 bridgehead atoms. The minimum atomic E-state index is -0.0328. The zero-order valence-electron chi connectivity index (χ0n) is 16.2. The van der Waals surface area contributed by atoms with E-state index in [1.54, 1.807) is 21.3 Å². The van der Waals surface area contributed by atoms with E-state index in [9.17, 15) is 0 Å². The SMILES string of the molecule is CN=C(NCC(OC)c1ccccc1)NC1CCc2nc(COC)nn2C1. The number of methoxy groups -OCH3 is 2. The topological polar surface area (TPSA) is 85.6 Å². The molecular weight excluding hydrogens is 344 g/mol. The summed E-state index contributed by atoms with van der Waals surface area (Å²) in [4.78, 5) is 8.86. The lowest BCUT2D eigenvalue weighted by Crippen LogP contribution is -2.48. The lowest BCUT2D eigenvalue weighted by atomic mass is 10.1. The highest BCUT2D eigenvalue weighted by atomic mass is 16.5. The highest BCUT2D eigenvalue weighted by molar-refractivity contribution is 5.80. The van der Waals surface area contributed by atoms with Gasteiger partial charge in [-0.2, -0.15) is 5.10 Å². The maximum Gasteiger partial charge on any atom is 0.191 e. The zero-order chi connectivity index (χ0) is 19.1. The molecule has 1 aromatic carbocycles. The number of aliphatic imine (C=N–C) groups is 1. The molecule has 8 heteroatoms. The van der Waals surface area contributed by atoms with Gasteiger partial charge in [-0.3, -0.25) is 4.99 Å². The van der Waals surface area contributed by atoms with Crippen LogP contribution in [0.5, 0.6) is 0 Å². The predicted octanol–water partition coefficient (Wildman–Crippen LogP) is 1.29. The monoisotopic (exact) mass is 372 g/mol. The van der Waals surface area contributed by atoms with Gasteiger partial charge < -0.3 is 20.1 Å². The van der Waals surface area contributed by atoms with Crippen LogP contribution in [0.3, 0.4) is 0 Å². The number of nitrogens with one attached hydrogen (secondary N) is 2. The molecule has 0 amide bonds. The van der Waals surface area contributed by atoms with E-state index in [1.807, 2.05) is 22.9 Å². The second kappa shape index (κ2) is 9.48.